The Morgan fingerprint density at radius 3 is 2.62 bits per heavy atom. The summed E-state index contributed by atoms with van der Waals surface area (Å²) in [5.41, 5.74) is 2.14. The number of aromatic nitrogens is 2. The van der Waals surface area contributed by atoms with E-state index in [-0.39, 0.29) is 11.6 Å². The summed E-state index contributed by atoms with van der Waals surface area (Å²) < 4.78 is 18.1. The highest BCUT2D eigenvalue weighted by atomic mass is 19.1. The number of carbonyl (C=O) groups is 1. The largest absolute Gasteiger partial charge is 0.463 e. The van der Waals surface area contributed by atoms with Crippen molar-refractivity contribution in [1.82, 2.24) is 9.97 Å². The Bertz CT molecular complexity index is 651. The second kappa shape index (κ2) is 6.30. The average molecular weight is 289 g/mol. The standard InChI is InChI=1S/C15H16FN3O2/c1-9-6-11(7-10(2)13(9)16)8-18-12-4-5-17-14(19-12)15(20)21-3/h4-7H,8H2,1-3H3,(H,17,18,19). The van der Waals surface area contributed by atoms with Crippen LogP contribution in [0.1, 0.15) is 27.3 Å². The summed E-state index contributed by atoms with van der Waals surface area (Å²) in [6.45, 7) is 3.93. The molecule has 6 heteroatoms. The van der Waals surface area contributed by atoms with Crippen LogP contribution in [0.15, 0.2) is 24.4 Å². The maximum atomic E-state index is 13.6. The molecule has 0 saturated carbocycles. The van der Waals surface area contributed by atoms with Gasteiger partial charge in [0, 0.05) is 12.7 Å². The molecule has 0 spiro atoms. The van der Waals surface area contributed by atoms with Crippen molar-refractivity contribution in [2.75, 3.05) is 12.4 Å². The van der Waals surface area contributed by atoms with E-state index in [0.29, 0.717) is 23.5 Å². The van der Waals surface area contributed by atoms with Gasteiger partial charge in [-0.15, -0.1) is 0 Å². The highest BCUT2D eigenvalue weighted by Crippen LogP contribution is 2.15. The van der Waals surface area contributed by atoms with Crippen LogP contribution in [0.3, 0.4) is 0 Å². The second-order valence-corrected chi connectivity index (χ2v) is 4.65. The number of esters is 1. The SMILES string of the molecule is COC(=O)c1nccc(NCc2cc(C)c(F)c(C)c2)n1. The molecule has 0 atom stereocenters. The average Bonchev–Trinajstić information content (AvgIpc) is 2.50. The van der Waals surface area contributed by atoms with Crippen molar-refractivity contribution in [2.24, 2.45) is 0 Å². The minimum atomic E-state index is -0.591. The van der Waals surface area contributed by atoms with Gasteiger partial charge < -0.3 is 10.1 Å². The number of rotatable bonds is 4. The molecule has 0 aliphatic rings. The third kappa shape index (κ3) is 3.53. The molecule has 21 heavy (non-hydrogen) atoms. The number of nitrogens with one attached hydrogen (secondary N) is 1. The Hall–Kier alpha value is -2.50. The highest BCUT2D eigenvalue weighted by molar-refractivity contribution is 5.85. The van der Waals surface area contributed by atoms with Crippen LogP contribution in [0.25, 0.3) is 0 Å². The Kier molecular flexibility index (Phi) is 4.47. The molecule has 0 saturated heterocycles. The zero-order chi connectivity index (χ0) is 15.4. The molecule has 1 aromatic carbocycles. The number of hydrogen-bond acceptors (Lipinski definition) is 5. The van der Waals surface area contributed by atoms with Gasteiger partial charge >= 0.3 is 5.97 Å². The molecule has 5 nitrogen and oxygen atoms in total. The van der Waals surface area contributed by atoms with Crippen LogP contribution in [0.4, 0.5) is 10.2 Å². The number of benzene rings is 1. The third-order valence-corrected chi connectivity index (χ3v) is 2.99. The van der Waals surface area contributed by atoms with Crippen LogP contribution in [-0.2, 0) is 11.3 Å². The number of halogens is 1. The van der Waals surface area contributed by atoms with Crippen molar-refractivity contribution >= 4 is 11.8 Å². The molecule has 2 aromatic rings. The third-order valence-electron chi connectivity index (χ3n) is 2.99. The molecular formula is C15H16FN3O2. The summed E-state index contributed by atoms with van der Waals surface area (Å²) in [6.07, 6.45) is 1.47. The smallest absolute Gasteiger partial charge is 0.376 e. The monoisotopic (exact) mass is 289 g/mol. The van der Waals surface area contributed by atoms with Crippen molar-refractivity contribution in [2.45, 2.75) is 20.4 Å². The molecule has 2 rings (SSSR count). The van der Waals surface area contributed by atoms with Crippen molar-refractivity contribution in [1.29, 1.82) is 0 Å². The number of hydrogen-bond donors (Lipinski definition) is 1. The summed E-state index contributed by atoms with van der Waals surface area (Å²) in [4.78, 5) is 19.2. The maximum absolute atomic E-state index is 13.6. The van der Waals surface area contributed by atoms with Gasteiger partial charge in [-0.1, -0.05) is 12.1 Å². The Morgan fingerprint density at radius 1 is 1.33 bits per heavy atom. The molecule has 1 heterocycles. The van der Waals surface area contributed by atoms with Crippen LogP contribution < -0.4 is 5.32 Å². The predicted molar refractivity (Wildman–Crippen MR) is 76.6 cm³/mol. The molecule has 110 valence electrons. The lowest BCUT2D eigenvalue weighted by molar-refractivity contribution is 0.0587. The van der Waals surface area contributed by atoms with Gasteiger partial charge in [0.1, 0.15) is 11.6 Å². The topological polar surface area (TPSA) is 64.1 Å². The number of nitrogens with zero attached hydrogens (tertiary/aromatic N) is 2. The van der Waals surface area contributed by atoms with Gasteiger partial charge in [0.25, 0.3) is 0 Å². The van der Waals surface area contributed by atoms with Gasteiger partial charge in [-0.05, 0) is 36.6 Å². The number of methoxy groups -OCH3 is 1. The van der Waals surface area contributed by atoms with Gasteiger partial charge in [0.15, 0.2) is 0 Å². The summed E-state index contributed by atoms with van der Waals surface area (Å²) >= 11 is 0. The molecule has 0 amide bonds. The molecule has 0 bridgehead atoms. The van der Waals surface area contributed by atoms with Crippen molar-refractivity contribution in [3.8, 4) is 0 Å². The molecule has 0 unspecified atom stereocenters. The minimum absolute atomic E-state index is 0.00559. The molecular weight excluding hydrogens is 273 g/mol. The van der Waals surface area contributed by atoms with Crippen LogP contribution in [0.2, 0.25) is 0 Å². The fraction of sp³-hybridized carbons (Fsp3) is 0.267. The maximum Gasteiger partial charge on any atom is 0.376 e. The number of carbonyl (C=O) groups excluding carboxylic acids is 1. The molecule has 0 aliphatic heterocycles. The van der Waals surface area contributed by atoms with Gasteiger partial charge in [0.2, 0.25) is 5.82 Å². The fourth-order valence-electron chi connectivity index (χ4n) is 1.98. The molecule has 0 fully saturated rings. The zero-order valence-corrected chi connectivity index (χ0v) is 12.1. The van der Waals surface area contributed by atoms with E-state index in [1.54, 1.807) is 32.0 Å². The zero-order valence-electron chi connectivity index (χ0n) is 12.1. The first-order valence-electron chi connectivity index (χ1n) is 6.42. The van der Waals surface area contributed by atoms with Gasteiger partial charge in [-0.25, -0.2) is 19.2 Å². The first kappa shape index (κ1) is 14.9. The molecule has 0 radical (unpaired) electrons. The lowest BCUT2D eigenvalue weighted by Gasteiger charge is -2.09. The first-order chi connectivity index (χ1) is 10.0. The molecule has 0 aliphatic carbocycles. The number of aryl methyl sites for hydroxylation is 2. The van der Waals surface area contributed by atoms with E-state index in [4.69, 9.17) is 0 Å². The molecule has 1 aromatic heterocycles. The van der Waals surface area contributed by atoms with Crippen LogP contribution in [0, 0.1) is 19.7 Å². The second-order valence-electron chi connectivity index (χ2n) is 4.65. The van der Waals surface area contributed by atoms with E-state index < -0.39 is 5.97 Å². The van der Waals surface area contributed by atoms with E-state index in [2.05, 4.69) is 20.0 Å². The van der Waals surface area contributed by atoms with E-state index in [1.165, 1.54) is 13.3 Å². The number of anilines is 1. The fourth-order valence-corrected chi connectivity index (χ4v) is 1.98. The van der Waals surface area contributed by atoms with Crippen molar-refractivity contribution in [3.05, 3.63) is 52.7 Å². The Labute approximate surface area is 122 Å². The van der Waals surface area contributed by atoms with Crippen LogP contribution in [0.5, 0.6) is 0 Å². The van der Waals surface area contributed by atoms with Crippen molar-refractivity contribution in [3.63, 3.8) is 0 Å². The lowest BCUT2D eigenvalue weighted by Crippen LogP contribution is -2.10. The summed E-state index contributed by atoms with van der Waals surface area (Å²) in [5.74, 6) is -0.278. The lowest BCUT2D eigenvalue weighted by atomic mass is 10.1. The van der Waals surface area contributed by atoms with Gasteiger partial charge in [-0.2, -0.15) is 0 Å². The summed E-state index contributed by atoms with van der Waals surface area (Å²) in [7, 11) is 1.27. The highest BCUT2D eigenvalue weighted by Gasteiger charge is 2.09. The normalized spacial score (nSPS) is 10.3. The quantitative estimate of drug-likeness (QED) is 0.877. The van der Waals surface area contributed by atoms with Crippen molar-refractivity contribution < 1.29 is 13.9 Å². The minimum Gasteiger partial charge on any atom is -0.463 e. The van der Waals surface area contributed by atoms with Crippen LogP contribution >= 0.6 is 0 Å². The van der Waals surface area contributed by atoms with E-state index in [0.717, 1.165) is 5.56 Å². The predicted octanol–water partition coefficient (Wildman–Crippen LogP) is 2.63. The summed E-state index contributed by atoms with van der Waals surface area (Å²) in [5, 5.41) is 3.07. The van der Waals surface area contributed by atoms with E-state index >= 15 is 0 Å². The molecule has 1 N–H and O–H groups in total. The van der Waals surface area contributed by atoms with E-state index in [1.807, 2.05) is 0 Å². The number of ether oxygens (including phenoxy) is 1. The van der Waals surface area contributed by atoms with Gasteiger partial charge in [0.05, 0.1) is 7.11 Å². The first-order valence-corrected chi connectivity index (χ1v) is 6.42. The Balaban J connectivity index is 2.11. The Morgan fingerprint density at radius 2 is 2.00 bits per heavy atom. The van der Waals surface area contributed by atoms with Gasteiger partial charge in [-0.3, -0.25) is 0 Å². The van der Waals surface area contributed by atoms with Crippen LogP contribution in [-0.4, -0.2) is 23.0 Å². The summed E-state index contributed by atoms with van der Waals surface area (Å²) in [6, 6.07) is 5.20. The van der Waals surface area contributed by atoms with E-state index in [9.17, 15) is 9.18 Å².